The van der Waals surface area contributed by atoms with Gasteiger partial charge < -0.3 is 0 Å². The van der Waals surface area contributed by atoms with Gasteiger partial charge in [-0.05, 0) is 185 Å². The normalized spacial score (nSPS) is 11.4. The van der Waals surface area contributed by atoms with Crippen LogP contribution in [-0.4, -0.2) is 0 Å². The van der Waals surface area contributed by atoms with Crippen molar-refractivity contribution in [1.82, 2.24) is 0 Å². The van der Waals surface area contributed by atoms with Gasteiger partial charge in [-0.3, -0.25) is 0 Å². The van der Waals surface area contributed by atoms with Crippen LogP contribution in [0.5, 0.6) is 0 Å². The number of hydrogen-bond acceptors (Lipinski definition) is 0. The zero-order valence-corrected chi connectivity index (χ0v) is 52.2. The maximum Gasteiger partial charge on any atom is 0.212 e. The van der Waals surface area contributed by atoms with E-state index in [0.717, 1.165) is 12.8 Å². The average Bonchev–Trinajstić information content (AvgIpc) is 3.40. The summed E-state index contributed by atoms with van der Waals surface area (Å²) < 4.78 is 9.15. The Labute approximate surface area is 468 Å². The van der Waals surface area contributed by atoms with Crippen molar-refractivity contribution in [2.24, 2.45) is 34.1 Å². The molecule has 0 saturated carbocycles. The number of benzene rings is 4. The minimum Gasteiger partial charge on any atom is -0.198 e. The lowest BCUT2D eigenvalue weighted by Crippen LogP contribution is -2.35. The highest BCUT2D eigenvalue weighted by Gasteiger charge is 2.20. The summed E-state index contributed by atoms with van der Waals surface area (Å²) in [5, 5.41) is 0. The minimum atomic E-state index is 0.584. The lowest BCUT2D eigenvalue weighted by atomic mass is 9.93. The smallest absolute Gasteiger partial charge is 0.198 e. The Kier molecular flexibility index (Phi) is 21.7. The Hall–Kier alpha value is -6.52. The van der Waals surface area contributed by atoms with Gasteiger partial charge in [0.2, 0.25) is 22.8 Å². The molecule has 4 heterocycles. The number of nitrogens with zero attached hydrogens (tertiary/aromatic N) is 4. The van der Waals surface area contributed by atoms with Gasteiger partial charge in [-0.15, -0.1) is 0 Å². The number of rotatable bonds is 10. The topological polar surface area (TPSA) is 15.5 Å². The van der Waals surface area contributed by atoms with Crippen LogP contribution in [0.1, 0.15) is 156 Å². The van der Waals surface area contributed by atoms with E-state index in [1.807, 2.05) is 0 Å². The molecule has 0 saturated heterocycles. The zero-order valence-electron chi connectivity index (χ0n) is 52.2. The van der Waals surface area contributed by atoms with Crippen molar-refractivity contribution in [2.45, 2.75) is 163 Å². The van der Waals surface area contributed by atoms with E-state index in [2.05, 4.69) is 299 Å². The first-order valence-electron chi connectivity index (χ1n) is 28.6. The predicted octanol–water partition coefficient (Wildman–Crippen LogP) is 16.8. The van der Waals surface area contributed by atoms with Crippen LogP contribution in [0.2, 0.25) is 0 Å². The van der Waals surface area contributed by atoms with E-state index in [1.54, 1.807) is 0 Å². The van der Waals surface area contributed by atoms with E-state index in [0.29, 0.717) is 17.8 Å². The summed E-state index contributed by atoms with van der Waals surface area (Å²) in [7, 11) is 8.59. The summed E-state index contributed by atoms with van der Waals surface area (Å²) in [6, 6.07) is 45.1. The Morgan fingerprint density at radius 1 is 0.325 bits per heavy atom. The standard InChI is InChI=1S/2C19H26N.C18H24N.C17H22N/c1-13(2)11-17-8-9-18(15(4)12-17)19-10-7-14(3)16(5)20(19)6;1-7-13(2)17-9-10-18(15(4)12-17)19-11-8-14(3)16(5)20(19)6;1-12(2)16-8-9-17(14(4)11-16)18-10-7-13(3)15(5)19(18)6;1-6-15-8-9-16(13(3)11-15)17-10-7-12(2)14(4)18(17)5/h7-10,12-13H,11H2,1-6H3;8-13H,7H2,1-6H3;7-12H,1-6H3;7-11H,6H2,1-5H3/q4*+1. The molecule has 4 nitrogen and oxygen atoms in total. The molecule has 0 aliphatic carbocycles. The number of pyridine rings is 4. The van der Waals surface area contributed by atoms with Gasteiger partial charge in [-0.25, -0.2) is 0 Å². The lowest BCUT2D eigenvalue weighted by Gasteiger charge is -2.13. The molecular weight excluding hydrogens is 933 g/mol. The van der Waals surface area contributed by atoms with E-state index in [9.17, 15) is 0 Å². The largest absolute Gasteiger partial charge is 0.212 e. The first-order chi connectivity index (χ1) is 36.3. The van der Waals surface area contributed by atoms with Crippen molar-refractivity contribution in [3.63, 3.8) is 0 Å². The molecule has 0 bridgehead atoms. The fourth-order valence-electron chi connectivity index (χ4n) is 10.3. The maximum atomic E-state index is 2.35. The van der Waals surface area contributed by atoms with E-state index in [1.165, 1.54) is 141 Å². The number of aromatic nitrogens is 4. The van der Waals surface area contributed by atoms with Crippen molar-refractivity contribution < 1.29 is 18.3 Å². The third-order valence-corrected chi connectivity index (χ3v) is 16.8. The second kappa shape index (κ2) is 27.2. The molecule has 406 valence electrons. The van der Waals surface area contributed by atoms with Crippen molar-refractivity contribution in [2.75, 3.05) is 0 Å². The molecule has 4 aromatic heterocycles. The summed E-state index contributed by atoms with van der Waals surface area (Å²) in [5.41, 5.74) is 32.3. The number of hydrogen-bond donors (Lipinski definition) is 0. The molecule has 1 unspecified atom stereocenters. The molecule has 0 fully saturated rings. The van der Waals surface area contributed by atoms with Crippen LogP contribution in [0.3, 0.4) is 0 Å². The molecular formula is C73H98N4+4. The Balaban J connectivity index is 0.000000189. The molecule has 4 heteroatoms. The summed E-state index contributed by atoms with van der Waals surface area (Å²) >= 11 is 0. The van der Waals surface area contributed by atoms with Crippen LogP contribution in [0.25, 0.3) is 45.0 Å². The zero-order chi connectivity index (χ0) is 57.2. The highest BCUT2D eigenvalue weighted by Crippen LogP contribution is 2.29. The quantitative estimate of drug-likeness (QED) is 0.121. The maximum absolute atomic E-state index is 2.35. The molecule has 8 aromatic rings. The summed E-state index contributed by atoms with van der Waals surface area (Å²) in [5.74, 6) is 1.93. The van der Waals surface area contributed by atoms with Gasteiger partial charge in [-0.1, -0.05) is 97.0 Å². The van der Waals surface area contributed by atoms with Crippen LogP contribution in [-0.2, 0) is 41.0 Å². The van der Waals surface area contributed by atoms with Crippen molar-refractivity contribution in [1.29, 1.82) is 0 Å². The molecule has 0 aliphatic rings. The highest BCUT2D eigenvalue weighted by molar-refractivity contribution is 5.65. The summed E-state index contributed by atoms with van der Waals surface area (Å²) in [6.07, 6.45) is 3.44. The fourth-order valence-corrected chi connectivity index (χ4v) is 10.3. The Morgan fingerprint density at radius 3 is 0.922 bits per heavy atom. The summed E-state index contributed by atoms with van der Waals surface area (Å²) in [6.45, 7) is 42.0. The SMILES string of the molecule is CCC(C)c1ccc(-c2ccc(C)c(C)[n+]2C)c(C)c1.CCc1ccc(-c2ccc(C)c(C)[n+]2C)c(C)c1.Cc1cc(C(C)C)ccc1-c1ccc(C)c(C)[n+]1C.Cc1cc(CC(C)C)ccc1-c1ccc(C)c(C)[n+]1C. The van der Waals surface area contributed by atoms with Crippen molar-refractivity contribution in [3.05, 3.63) is 211 Å². The van der Waals surface area contributed by atoms with Gasteiger partial charge in [0, 0.05) is 96.5 Å². The fraction of sp³-hybridized carbons (Fsp3) is 0.397. The Bertz CT molecular complexity index is 3330. The van der Waals surface area contributed by atoms with Gasteiger partial charge >= 0.3 is 0 Å². The first-order valence-corrected chi connectivity index (χ1v) is 28.6. The van der Waals surface area contributed by atoms with Crippen LogP contribution in [0, 0.1) is 89.0 Å². The number of aryl methyl sites for hydroxylation is 9. The van der Waals surface area contributed by atoms with Crippen LogP contribution >= 0.6 is 0 Å². The molecule has 0 aliphatic heterocycles. The second-order valence-electron chi connectivity index (χ2n) is 23.0. The molecule has 0 N–H and O–H groups in total. The van der Waals surface area contributed by atoms with Gasteiger partial charge in [0.15, 0.2) is 22.8 Å². The van der Waals surface area contributed by atoms with Gasteiger partial charge in [-0.2, -0.15) is 18.3 Å². The molecule has 0 radical (unpaired) electrons. The molecule has 77 heavy (non-hydrogen) atoms. The van der Waals surface area contributed by atoms with Crippen molar-refractivity contribution in [3.8, 4) is 45.0 Å². The molecule has 4 aromatic carbocycles. The molecule has 8 rings (SSSR count). The molecule has 1 atom stereocenters. The van der Waals surface area contributed by atoms with Gasteiger partial charge in [0.25, 0.3) is 0 Å². The second-order valence-corrected chi connectivity index (χ2v) is 23.0. The van der Waals surface area contributed by atoms with Crippen molar-refractivity contribution >= 4 is 0 Å². The molecule has 0 amide bonds. The third-order valence-electron chi connectivity index (χ3n) is 16.8. The highest BCUT2D eigenvalue weighted by atomic mass is 15.0. The third kappa shape index (κ3) is 14.9. The van der Waals surface area contributed by atoms with E-state index < -0.39 is 0 Å². The van der Waals surface area contributed by atoms with Crippen LogP contribution in [0.15, 0.2) is 121 Å². The Morgan fingerprint density at radius 2 is 0.623 bits per heavy atom. The monoisotopic (exact) mass is 1030 g/mol. The van der Waals surface area contributed by atoms with Crippen LogP contribution in [0.4, 0.5) is 0 Å². The first kappa shape index (κ1) is 61.3. The average molecular weight is 1030 g/mol. The van der Waals surface area contributed by atoms with Gasteiger partial charge in [0.05, 0.1) is 0 Å². The summed E-state index contributed by atoms with van der Waals surface area (Å²) in [4.78, 5) is 0. The van der Waals surface area contributed by atoms with Crippen LogP contribution < -0.4 is 18.3 Å². The minimum absolute atomic E-state index is 0.584. The van der Waals surface area contributed by atoms with E-state index >= 15 is 0 Å². The predicted molar refractivity (Wildman–Crippen MR) is 330 cm³/mol. The lowest BCUT2D eigenvalue weighted by molar-refractivity contribution is -0.667. The van der Waals surface area contributed by atoms with E-state index in [-0.39, 0.29) is 0 Å². The van der Waals surface area contributed by atoms with Gasteiger partial charge in [0.1, 0.15) is 28.2 Å². The molecule has 0 spiro atoms. The van der Waals surface area contributed by atoms with E-state index in [4.69, 9.17) is 0 Å².